The Morgan fingerprint density at radius 3 is 2.53 bits per heavy atom. The molecule has 0 fully saturated rings. The second-order valence-electron chi connectivity index (χ2n) is 3.61. The molecule has 94 valence electrons. The zero-order valence-corrected chi connectivity index (χ0v) is 9.64. The fourth-order valence-electron chi connectivity index (χ4n) is 1.40. The van der Waals surface area contributed by atoms with Crippen LogP contribution < -0.4 is 10.5 Å². The van der Waals surface area contributed by atoms with Gasteiger partial charge in [-0.05, 0) is 12.1 Å². The molecule has 0 aliphatic rings. The van der Waals surface area contributed by atoms with Crippen molar-refractivity contribution in [3.63, 3.8) is 0 Å². The summed E-state index contributed by atoms with van der Waals surface area (Å²) in [5, 5.41) is 0. The highest BCUT2D eigenvalue weighted by atomic mass is 19.3. The Morgan fingerprint density at radius 1 is 1.41 bits per heavy atom. The van der Waals surface area contributed by atoms with Crippen molar-refractivity contribution in [1.82, 2.24) is 0 Å². The van der Waals surface area contributed by atoms with Gasteiger partial charge < -0.3 is 10.5 Å². The average Bonchev–Trinajstić information content (AvgIpc) is 2.24. The van der Waals surface area contributed by atoms with Crippen LogP contribution in [0.15, 0.2) is 18.2 Å². The molecule has 0 aromatic heterocycles. The molecule has 1 aromatic rings. The minimum Gasteiger partial charge on any atom is -0.493 e. The molecule has 0 aliphatic carbocycles. The highest BCUT2D eigenvalue weighted by Crippen LogP contribution is 2.33. The lowest BCUT2D eigenvalue weighted by Crippen LogP contribution is -2.08. The molecule has 1 aromatic carbocycles. The lowest BCUT2D eigenvalue weighted by molar-refractivity contribution is 0.0170. The van der Waals surface area contributed by atoms with Crippen LogP contribution in [0, 0.1) is 5.82 Å². The van der Waals surface area contributed by atoms with Gasteiger partial charge in [-0.25, -0.2) is 13.2 Å². The van der Waals surface area contributed by atoms with Gasteiger partial charge in [0, 0.05) is 24.6 Å². The molecule has 2 N–H and O–H groups in total. The van der Waals surface area contributed by atoms with Crippen molar-refractivity contribution in [2.75, 3.05) is 13.7 Å². The second-order valence-corrected chi connectivity index (χ2v) is 3.61. The molecule has 0 atom stereocenters. The predicted molar refractivity (Wildman–Crippen MR) is 60.6 cm³/mol. The van der Waals surface area contributed by atoms with Gasteiger partial charge in [-0.15, -0.1) is 0 Å². The molecule has 0 spiro atoms. The maximum absolute atomic E-state index is 13.5. The van der Waals surface area contributed by atoms with Gasteiger partial charge in [0.25, 0.3) is 5.92 Å². The summed E-state index contributed by atoms with van der Waals surface area (Å²) < 4.78 is 44.6. The third kappa shape index (κ3) is 3.23. The number of benzene rings is 1. The van der Waals surface area contributed by atoms with Crippen molar-refractivity contribution >= 4 is 6.08 Å². The van der Waals surface area contributed by atoms with E-state index in [2.05, 4.69) is 0 Å². The van der Waals surface area contributed by atoms with Crippen LogP contribution in [-0.4, -0.2) is 13.7 Å². The monoisotopic (exact) mass is 245 g/mol. The molecule has 2 nitrogen and oxygen atoms in total. The van der Waals surface area contributed by atoms with Crippen LogP contribution in [0.5, 0.6) is 5.75 Å². The molecular weight excluding hydrogens is 231 g/mol. The summed E-state index contributed by atoms with van der Waals surface area (Å²) in [6.45, 7) is 0.947. The van der Waals surface area contributed by atoms with Gasteiger partial charge in [0.1, 0.15) is 0 Å². The lowest BCUT2D eigenvalue weighted by atomic mass is 10.0. The van der Waals surface area contributed by atoms with E-state index in [4.69, 9.17) is 10.5 Å². The summed E-state index contributed by atoms with van der Waals surface area (Å²) in [4.78, 5) is 0. The van der Waals surface area contributed by atoms with Crippen molar-refractivity contribution < 1.29 is 17.9 Å². The minimum absolute atomic E-state index is 0.0669. The SMILES string of the molecule is COc1c(F)cc(C(C)(F)F)cc1/C=C/CN. The number of alkyl halides is 2. The van der Waals surface area contributed by atoms with Crippen molar-refractivity contribution in [3.05, 3.63) is 35.2 Å². The standard InChI is InChI=1S/C12H14F3NO/c1-12(14,15)9-6-8(4-3-5-16)11(17-2)10(13)7-9/h3-4,6-7H,5,16H2,1-2H3/b4-3+. The number of halogens is 3. The van der Waals surface area contributed by atoms with E-state index in [0.717, 1.165) is 6.07 Å². The largest absolute Gasteiger partial charge is 0.493 e. The summed E-state index contributed by atoms with van der Waals surface area (Å²) in [6.07, 6.45) is 2.99. The van der Waals surface area contributed by atoms with Gasteiger partial charge in [-0.2, -0.15) is 0 Å². The highest BCUT2D eigenvalue weighted by Gasteiger charge is 2.26. The first-order valence-electron chi connectivity index (χ1n) is 5.02. The van der Waals surface area contributed by atoms with Gasteiger partial charge in [0.2, 0.25) is 0 Å². The topological polar surface area (TPSA) is 35.2 Å². The van der Waals surface area contributed by atoms with Crippen LogP contribution in [-0.2, 0) is 5.92 Å². The van der Waals surface area contributed by atoms with Gasteiger partial charge in [0.05, 0.1) is 7.11 Å². The molecule has 0 saturated heterocycles. The van der Waals surface area contributed by atoms with E-state index in [-0.39, 0.29) is 17.9 Å². The van der Waals surface area contributed by atoms with Crippen LogP contribution in [0.3, 0.4) is 0 Å². The Morgan fingerprint density at radius 2 is 2.06 bits per heavy atom. The smallest absolute Gasteiger partial charge is 0.270 e. The minimum atomic E-state index is -3.10. The molecule has 0 aliphatic heterocycles. The molecule has 5 heteroatoms. The van der Waals surface area contributed by atoms with Gasteiger partial charge in [-0.3, -0.25) is 0 Å². The average molecular weight is 245 g/mol. The third-order valence-electron chi connectivity index (χ3n) is 2.22. The maximum Gasteiger partial charge on any atom is 0.270 e. The van der Waals surface area contributed by atoms with E-state index < -0.39 is 17.3 Å². The van der Waals surface area contributed by atoms with Gasteiger partial charge >= 0.3 is 0 Å². The first kappa shape index (κ1) is 13.6. The second kappa shape index (κ2) is 5.23. The van der Waals surface area contributed by atoms with E-state index in [9.17, 15) is 13.2 Å². The fraction of sp³-hybridized carbons (Fsp3) is 0.333. The quantitative estimate of drug-likeness (QED) is 0.885. The van der Waals surface area contributed by atoms with Crippen LogP contribution >= 0.6 is 0 Å². The van der Waals surface area contributed by atoms with E-state index in [0.29, 0.717) is 6.92 Å². The normalized spacial score (nSPS) is 12.1. The fourth-order valence-corrected chi connectivity index (χ4v) is 1.40. The van der Waals surface area contributed by atoms with Crippen molar-refractivity contribution in [3.8, 4) is 5.75 Å². The first-order valence-corrected chi connectivity index (χ1v) is 5.02. The predicted octanol–water partition coefficient (Wildman–Crippen LogP) is 2.92. The summed E-state index contributed by atoms with van der Waals surface area (Å²) >= 11 is 0. The number of methoxy groups -OCH3 is 1. The lowest BCUT2D eigenvalue weighted by Gasteiger charge is -2.14. The Bertz CT molecular complexity index is 424. The molecular formula is C12H14F3NO. The summed E-state index contributed by atoms with van der Waals surface area (Å²) in [5.41, 5.74) is 5.11. The third-order valence-corrected chi connectivity index (χ3v) is 2.22. The Kier molecular flexibility index (Phi) is 4.17. The number of hydrogen-bond acceptors (Lipinski definition) is 2. The number of nitrogens with two attached hydrogens (primary N) is 1. The van der Waals surface area contributed by atoms with Crippen LogP contribution in [0.4, 0.5) is 13.2 Å². The zero-order chi connectivity index (χ0) is 13.1. The van der Waals surface area contributed by atoms with E-state index in [1.165, 1.54) is 25.3 Å². The van der Waals surface area contributed by atoms with Gasteiger partial charge in [-0.1, -0.05) is 12.2 Å². The highest BCUT2D eigenvalue weighted by molar-refractivity contribution is 5.59. The molecule has 0 unspecified atom stereocenters. The Balaban J connectivity index is 3.33. The molecule has 1 rings (SSSR count). The number of hydrogen-bond donors (Lipinski definition) is 1. The maximum atomic E-state index is 13.5. The molecule has 0 bridgehead atoms. The molecule has 0 saturated carbocycles. The molecule has 0 radical (unpaired) electrons. The van der Waals surface area contributed by atoms with Crippen LogP contribution in [0.25, 0.3) is 6.08 Å². The molecule has 0 heterocycles. The van der Waals surface area contributed by atoms with Crippen LogP contribution in [0.2, 0.25) is 0 Å². The molecule has 17 heavy (non-hydrogen) atoms. The summed E-state index contributed by atoms with van der Waals surface area (Å²) in [6, 6.07) is 1.96. The number of ether oxygens (including phenoxy) is 1. The number of rotatable bonds is 4. The molecule has 0 amide bonds. The van der Waals surface area contributed by atoms with Gasteiger partial charge in [0.15, 0.2) is 11.6 Å². The van der Waals surface area contributed by atoms with Crippen molar-refractivity contribution in [2.24, 2.45) is 5.73 Å². The Labute approximate surface area is 97.9 Å². The summed E-state index contributed by atoms with van der Waals surface area (Å²) in [7, 11) is 1.28. The Hall–Kier alpha value is -1.49. The summed E-state index contributed by atoms with van der Waals surface area (Å²) in [5.74, 6) is -3.98. The first-order chi connectivity index (χ1) is 7.90. The van der Waals surface area contributed by atoms with E-state index >= 15 is 0 Å². The van der Waals surface area contributed by atoms with Crippen molar-refractivity contribution in [2.45, 2.75) is 12.8 Å². The zero-order valence-electron chi connectivity index (χ0n) is 9.64. The van der Waals surface area contributed by atoms with Crippen molar-refractivity contribution in [1.29, 1.82) is 0 Å². The van der Waals surface area contributed by atoms with E-state index in [1.807, 2.05) is 0 Å². The van der Waals surface area contributed by atoms with E-state index in [1.54, 1.807) is 0 Å². The van der Waals surface area contributed by atoms with Crippen LogP contribution in [0.1, 0.15) is 18.1 Å².